The summed E-state index contributed by atoms with van der Waals surface area (Å²) in [6.07, 6.45) is 2.72. The van der Waals surface area contributed by atoms with Crippen molar-refractivity contribution in [2.45, 2.75) is 19.3 Å². The van der Waals surface area contributed by atoms with E-state index in [1.54, 1.807) is 30.3 Å². The summed E-state index contributed by atoms with van der Waals surface area (Å²) in [5, 5.41) is 3.21. The number of fused-ring (bicyclic) bond motifs is 1. The molecule has 0 saturated heterocycles. The minimum absolute atomic E-state index is 0.216. The van der Waals surface area contributed by atoms with Gasteiger partial charge in [-0.25, -0.2) is 4.98 Å². The number of carbonyl (C=O) groups excluding carboxylic acids is 2. The van der Waals surface area contributed by atoms with Crippen LogP contribution in [0.1, 0.15) is 38.4 Å². The predicted molar refractivity (Wildman–Crippen MR) is 84.2 cm³/mol. The van der Waals surface area contributed by atoms with Gasteiger partial charge < -0.3 is 11.1 Å². The van der Waals surface area contributed by atoms with E-state index in [0.29, 0.717) is 10.6 Å². The van der Waals surface area contributed by atoms with E-state index in [2.05, 4.69) is 10.3 Å². The third-order valence-electron chi connectivity index (χ3n) is 3.65. The molecule has 1 aromatic heterocycles. The van der Waals surface area contributed by atoms with Gasteiger partial charge in [0.15, 0.2) is 0 Å². The zero-order valence-electron chi connectivity index (χ0n) is 11.7. The molecule has 0 bridgehead atoms. The highest BCUT2D eigenvalue weighted by Crippen LogP contribution is 2.25. The van der Waals surface area contributed by atoms with E-state index in [1.807, 2.05) is 0 Å². The highest BCUT2D eigenvalue weighted by molar-refractivity contribution is 6.30. The van der Waals surface area contributed by atoms with Crippen LogP contribution in [0, 0.1) is 0 Å². The summed E-state index contributed by atoms with van der Waals surface area (Å²) in [5.74, 6) is -0.744. The number of hydrogen-bond donors (Lipinski definition) is 2. The topological polar surface area (TPSA) is 85.1 Å². The summed E-state index contributed by atoms with van der Waals surface area (Å²) < 4.78 is 0. The standard InChI is InChI=1S/C16H14ClN3O2/c17-11-6-4-9(5-7-11)16(22)20-15-12(14(18)21)8-10-2-1-3-13(10)19-15/h4-8H,1-3H2,(H2,18,21)(H,19,20,22). The van der Waals surface area contributed by atoms with Gasteiger partial charge in [-0.05, 0) is 55.2 Å². The second-order valence-electron chi connectivity index (χ2n) is 5.17. The van der Waals surface area contributed by atoms with Crippen LogP contribution in [0.5, 0.6) is 0 Å². The molecular weight excluding hydrogens is 302 g/mol. The average molecular weight is 316 g/mol. The number of benzene rings is 1. The number of aromatic nitrogens is 1. The number of nitrogens with zero attached hydrogens (tertiary/aromatic N) is 1. The molecule has 1 aliphatic carbocycles. The Morgan fingerprint density at radius 3 is 2.59 bits per heavy atom. The second-order valence-corrected chi connectivity index (χ2v) is 5.61. The van der Waals surface area contributed by atoms with Crippen LogP contribution in [-0.4, -0.2) is 16.8 Å². The number of rotatable bonds is 3. The normalized spacial score (nSPS) is 12.8. The van der Waals surface area contributed by atoms with Crippen LogP contribution >= 0.6 is 11.6 Å². The average Bonchev–Trinajstić information content (AvgIpc) is 2.94. The molecule has 1 aromatic carbocycles. The maximum atomic E-state index is 12.3. The van der Waals surface area contributed by atoms with E-state index in [-0.39, 0.29) is 17.3 Å². The number of aryl methyl sites for hydroxylation is 2. The highest BCUT2D eigenvalue weighted by Gasteiger charge is 2.20. The first kappa shape index (κ1) is 14.5. The van der Waals surface area contributed by atoms with Gasteiger partial charge in [-0.1, -0.05) is 11.6 Å². The molecule has 2 aromatic rings. The maximum absolute atomic E-state index is 12.3. The maximum Gasteiger partial charge on any atom is 0.256 e. The number of nitrogens with two attached hydrogens (primary N) is 1. The quantitative estimate of drug-likeness (QED) is 0.912. The molecule has 0 saturated carbocycles. The lowest BCUT2D eigenvalue weighted by Crippen LogP contribution is -2.20. The number of halogens is 1. The lowest BCUT2D eigenvalue weighted by Gasteiger charge is -2.11. The van der Waals surface area contributed by atoms with Gasteiger partial charge in [0.05, 0.1) is 5.56 Å². The number of nitrogens with one attached hydrogen (secondary N) is 1. The van der Waals surface area contributed by atoms with Crippen LogP contribution in [0.4, 0.5) is 5.82 Å². The van der Waals surface area contributed by atoms with E-state index >= 15 is 0 Å². The van der Waals surface area contributed by atoms with E-state index in [9.17, 15) is 9.59 Å². The summed E-state index contributed by atoms with van der Waals surface area (Å²) in [6, 6.07) is 8.20. The molecular formula is C16H14ClN3O2. The van der Waals surface area contributed by atoms with E-state index < -0.39 is 5.91 Å². The number of primary amides is 1. The van der Waals surface area contributed by atoms with Crippen LogP contribution < -0.4 is 11.1 Å². The monoisotopic (exact) mass is 315 g/mol. The minimum atomic E-state index is -0.603. The van der Waals surface area contributed by atoms with Crippen molar-refractivity contribution in [2.75, 3.05) is 5.32 Å². The molecule has 0 fully saturated rings. The lowest BCUT2D eigenvalue weighted by atomic mass is 10.1. The lowest BCUT2D eigenvalue weighted by molar-refractivity contribution is 0.100. The van der Waals surface area contributed by atoms with Gasteiger partial charge in [0, 0.05) is 16.3 Å². The van der Waals surface area contributed by atoms with Crippen molar-refractivity contribution in [1.82, 2.24) is 4.98 Å². The van der Waals surface area contributed by atoms with Gasteiger partial charge in [0.2, 0.25) is 0 Å². The zero-order chi connectivity index (χ0) is 15.7. The van der Waals surface area contributed by atoms with Crippen molar-refractivity contribution in [3.63, 3.8) is 0 Å². The Hall–Kier alpha value is -2.40. The van der Waals surface area contributed by atoms with Gasteiger partial charge in [-0.3, -0.25) is 9.59 Å². The van der Waals surface area contributed by atoms with E-state index in [4.69, 9.17) is 17.3 Å². The van der Waals surface area contributed by atoms with Gasteiger partial charge >= 0.3 is 0 Å². The molecule has 0 spiro atoms. The molecule has 112 valence electrons. The fourth-order valence-electron chi connectivity index (χ4n) is 2.54. The number of hydrogen-bond acceptors (Lipinski definition) is 3. The molecule has 6 heteroatoms. The van der Waals surface area contributed by atoms with Gasteiger partial charge in [0.25, 0.3) is 11.8 Å². The Balaban J connectivity index is 1.92. The van der Waals surface area contributed by atoms with Crippen LogP contribution in [0.3, 0.4) is 0 Å². The van der Waals surface area contributed by atoms with Gasteiger partial charge in [-0.2, -0.15) is 0 Å². The van der Waals surface area contributed by atoms with Crippen LogP contribution in [0.15, 0.2) is 30.3 Å². The SMILES string of the molecule is NC(=O)c1cc2c(nc1NC(=O)c1ccc(Cl)cc1)CCC2. The van der Waals surface area contributed by atoms with Crippen molar-refractivity contribution in [2.24, 2.45) is 5.73 Å². The number of pyridine rings is 1. The van der Waals surface area contributed by atoms with Crippen molar-refractivity contribution in [3.05, 3.63) is 57.7 Å². The van der Waals surface area contributed by atoms with Crippen molar-refractivity contribution < 1.29 is 9.59 Å². The molecule has 3 N–H and O–H groups in total. The minimum Gasteiger partial charge on any atom is -0.365 e. The summed E-state index contributed by atoms with van der Waals surface area (Å²) >= 11 is 5.80. The molecule has 0 unspecified atom stereocenters. The van der Waals surface area contributed by atoms with Crippen LogP contribution in [-0.2, 0) is 12.8 Å². The summed E-state index contributed by atoms with van der Waals surface area (Å²) in [4.78, 5) is 28.3. The van der Waals surface area contributed by atoms with Gasteiger partial charge in [-0.15, -0.1) is 0 Å². The molecule has 1 aliphatic rings. The number of amides is 2. The smallest absolute Gasteiger partial charge is 0.256 e. The number of carbonyl (C=O) groups is 2. The van der Waals surface area contributed by atoms with Gasteiger partial charge in [0.1, 0.15) is 5.82 Å². The Morgan fingerprint density at radius 1 is 1.18 bits per heavy atom. The third-order valence-corrected chi connectivity index (χ3v) is 3.91. The molecule has 1 heterocycles. The first-order valence-electron chi connectivity index (χ1n) is 6.94. The molecule has 22 heavy (non-hydrogen) atoms. The largest absolute Gasteiger partial charge is 0.365 e. The van der Waals surface area contributed by atoms with Crippen molar-refractivity contribution in [3.8, 4) is 0 Å². The Labute approximate surface area is 132 Å². The zero-order valence-corrected chi connectivity index (χ0v) is 12.5. The summed E-state index contributed by atoms with van der Waals surface area (Å²) in [5.41, 5.74) is 8.01. The van der Waals surface area contributed by atoms with Crippen LogP contribution in [0.2, 0.25) is 5.02 Å². The first-order chi connectivity index (χ1) is 10.5. The molecule has 2 amide bonds. The van der Waals surface area contributed by atoms with Crippen LogP contribution in [0.25, 0.3) is 0 Å². The van der Waals surface area contributed by atoms with E-state index in [0.717, 1.165) is 30.5 Å². The Morgan fingerprint density at radius 2 is 1.91 bits per heavy atom. The van der Waals surface area contributed by atoms with E-state index in [1.165, 1.54) is 0 Å². The number of anilines is 1. The van der Waals surface area contributed by atoms with Crippen molar-refractivity contribution in [1.29, 1.82) is 0 Å². The fourth-order valence-corrected chi connectivity index (χ4v) is 2.66. The molecule has 0 radical (unpaired) electrons. The summed E-state index contributed by atoms with van der Waals surface area (Å²) in [6.45, 7) is 0. The summed E-state index contributed by atoms with van der Waals surface area (Å²) in [7, 11) is 0. The molecule has 0 aliphatic heterocycles. The molecule has 3 rings (SSSR count). The molecule has 0 atom stereocenters. The Bertz CT molecular complexity index is 757. The fraction of sp³-hybridized carbons (Fsp3) is 0.188. The Kier molecular flexibility index (Phi) is 3.81. The highest BCUT2D eigenvalue weighted by atomic mass is 35.5. The second kappa shape index (κ2) is 5.77. The predicted octanol–water partition coefficient (Wildman–Crippen LogP) is 2.57. The first-order valence-corrected chi connectivity index (χ1v) is 7.32. The van der Waals surface area contributed by atoms with Crippen molar-refractivity contribution >= 4 is 29.2 Å². The third kappa shape index (κ3) is 2.80. The molecule has 5 nitrogen and oxygen atoms in total.